The van der Waals surface area contributed by atoms with Gasteiger partial charge in [0.1, 0.15) is 0 Å². The number of ketones is 2. The van der Waals surface area contributed by atoms with Crippen LogP contribution in [0, 0.1) is 0 Å². The zero-order valence-electron chi connectivity index (χ0n) is 28.4. The van der Waals surface area contributed by atoms with Crippen LogP contribution in [0.1, 0.15) is 53.8 Å². The number of rotatable bonds is 13. The normalized spacial score (nSPS) is 18.0. The number of hydrogen-bond acceptors (Lipinski definition) is 8. The maximum atomic E-state index is 13.1. The lowest BCUT2D eigenvalue weighted by Gasteiger charge is -2.37. The van der Waals surface area contributed by atoms with Crippen LogP contribution >= 0.6 is 0 Å². The van der Waals surface area contributed by atoms with Gasteiger partial charge in [-0.2, -0.15) is 0 Å². The largest absolute Gasteiger partial charge is 0.378 e. The molecule has 2 aromatic rings. The van der Waals surface area contributed by atoms with Gasteiger partial charge in [0, 0.05) is 48.7 Å². The standard InChI is InChI=1S/C19H28N2O2.C18H26N2O2/c1-5-11-19(6-2,20(3)4)18(22)16-7-9-17(10-8-16)21-12-14-23-15-13-21;1-5-10-18(2,19(3)4)17(21)15-6-8-16(9-7-15)20-11-13-22-14-12-20/h5,7-10H,1,6,11-15H2,2-4H3;5-9H,1,10-14H2,2-4H3. The summed E-state index contributed by atoms with van der Waals surface area (Å²) in [5, 5.41) is 0. The number of carbonyl (C=O) groups is 2. The first kappa shape index (κ1) is 36.2. The molecule has 8 heteroatoms. The zero-order valence-corrected chi connectivity index (χ0v) is 28.4. The van der Waals surface area contributed by atoms with E-state index < -0.39 is 11.1 Å². The Labute approximate surface area is 271 Å². The fraction of sp³-hybridized carbons (Fsp3) is 0.514. The molecule has 0 spiro atoms. The number of carbonyl (C=O) groups excluding carboxylic acids is 2. The Morgan fingerprint density at radius 2 is 1.11 bits per heavy atom. The van der Waals surface area contributed by atoms with Crippen LogP contribution < -0.4 is 9.80 Å². The summed E-state index contributed by atoms with van der Waals surface area (Å²) in [7, 11) is 7.80. The van der Waals surface area contributed by atoms with Crippen molar-refractivity contribution in [2.75, 3.05) is 90.6 Å². The highest BCUT2D eigenvalue weighted by molar-refractivity contribution is 6.04. The minimum absolute atomic E-state index is 0.130. The molecule has 2 aliphatic rings. The van der Waals surface area contributed by atoms with Crippen LogP contribution in [0.3, 0.4) is 0 Å². The van der Waals surface area contributed by atoms with Crippen molar-refractivity contribution in [2.45, 2.75) is 44.2 Å². The van der Waals surface area contributed by atoms with Crippen molar-refractivity contribution in [3.63, 3.8) is 0 Å². The lowest BCUT2D eigenvalue weighted by atomic mass is 9.82. The minimum atomic E-state index is -0.553. The van der Waals surface area contributed by atoms with Gasteiger partial charge in [0.05, 0.1) is 37.5 Å². The Bertz CT molecular complexity index is 1250. The quantitative estimate of drug-likeness (QED) is 0.213. The van der Waals surface area contributed by atoms with Crippen molar-refractivity contribution < 1.29 is 19.1 Å². The van der Waals surface area contributed by atoms with E-state index in [2.05, 4.69) is 29.9 Å². The summed E-state index contributed by atoms with van der Waals surface area (Å²) in [6.45, 7) is 18.3. The molecule has 0 bridgehead atoms. The fourth-order valence-corrected chi connectivity index (χ4v) is 5.97. The summed E-state index contributed by atoms with van der Waals surface area (Å²) < 4.78 is 10.8. The molecule has 2 aromatic carbocycles. The van der Waals surface area contributed by atoms with E-state index in [0.29, 0.717) is 12.8 Å². The second-order valence-electron chi connectivity index (χ2n) is 12.4. The molecule has 45 heavy (non-hydrogen) atoms. The molecular formula is C37H54N4O4. The van der Waals surface area contributed by atoms with Crippen LogP contribution in [0.25, 0.3) is 0 Å². The highest BCUT2D eigenvalue weighted by Gasteiger charge is 2.38. The minimum Gasteiger partial charge on any atom is -0.378 e. The van der Waals surface area contributed by atoms with Crippen LogP contribution in [-0.2, 0) is 9.47 Å². The van der Waals surface area contributed by atoms with E-state index in [1.807, 2.05) is 99.5 Å². The van der Waals surface area contributed by atoms with Gasteiger partial charge < -0.3 is 19.3 Å². The Morgan fingerprint density at radius 1 is 0.711 bits per heavy atom. The van der Waals surface area contributed by atoms with E-state index in [0.717, 1.165) is 81.5 Å². The lowest BCUT2D eigenvalue weighted by molar-refractivity contribution is 0.0673. The van der Waals surface area contributed by atoms with E-state index in [9.17, 15) is 9.59 Å². The SMILES string of the molecule is C=CCC(C)(C(=O)c1ccc(N2CCOCC2)cc1)N(C)C.C=CCC(CC)(C(=O)c1ccc(N2CCOCC2)cc1)N(C)C. The molecule has 2 saturated heterocycles. The molecule has 0 saturated carbocycles. The molecule has 2 heterocycles. The molecular weight excluding hydrogens is 564 g/mol. The van der Waals surface area contributed by atoms with Crippen LogP contribution in [0.4, 0.5) is 11.4 Å². The second-order valence-corrected chi connectivity index (χ2v) is 12.4. The van der Waals surface area contributed by atoms with Gasteiger partial charge in [-0.05, 0) is 103 Å². The number of anilines is 2. The van der Waals surface area contributed by atoms with Crippen molar-refractivity contribution in [1.29, 1.82) is 0 Å². The van der Waals surface area contributed by atoms with E-state index in [1.54, 1.807) is 6.08 Å². The van der Waals surface area contributed by atoms with Gasteiger partial charge in [0.25, 0.3) is 0 Å². The van der Waals surface area contributed by atoms with E-state index in [1.165, 1.54) is 0 Å². The summed E-state index contributed by atoms with van der Waals surface area (Å²) >= 11 is 0. The molecule has 2 atom stereocenters. The lowest BCUT2D eigenvalue weighted by Crippen LogP contribution is -2.50. The Morgan fingerprint density at radius 3 is 1.44 bits per heavy atom. The van der Waals surface area contributed by atoms with E-state index in [4.69, 9.17) is 9.47 Å². The molecule has 0 aromatic heterocycles. The average molecular weight is 619 g/mol. The van der Waals surface area contributed by atoms with E-state index in [-0.39, 0.29) is 11.6 Å². The van der Waals surface area contributed by atoms with Crippen molar-refractivity contribution >= 4 is 22.9 Å². The van der Waals surface area contributed by atoms with Crippen LogP contribution in [0.5, 0.6) is 0 Å². The number of Topliss-reactive ketones (excluding diaryl/α,β-unsaturated/α-hetero) is 2. The second kappa shape index (κ2) is 16.9. The van der Waals surface area contributed by atoms with Crippen molar-refractivity contribution in [3.05, 3.63) is 85.0 Å². The molecule has 4 rings (SSSR count). The van der Waals surface area contributed by atoms with Gasteiger partial charge in [-0.1, -0.05) is 19.1 Å². The number of likely N-dealkylation sites (N-methyl/N-ethyl adjacent to an activating group) is 2. The summed E-state index contributed by atoms with van der Waals surface area (Å²) in [4.78, 5) is 34.5. The van der Waals surface area contributed by atoms with Gasteiger partial charge in [0.15, 0.2) is 11.6 Å². The highest BCUT2D eigenvalue weighted by Crippen LogP contribution is 2.29. The third-order valence-electron chi connectivity index (χ3n) is 9.38. The van der Waals surface area contributed by atoms with Gasteiger partial charge in [0.2, 0.25) is 0 Å². The maximum absolute atomic E-state index is 13.1. The highest BCUT2D eigenvalue weighted by atomic mass is 16.5. The molecule has 0 N–H and O–H groups in total. The Balaban J connectivity index is 0.000000246. The monoisotopic (exact) mass is 618 g/mol. The molecule has 0 amide bonds. The molecule has 2 aliphatic heterocycles. The van der Waals surface area contributed by atoms with Gasteiger partial charge in [-0.25, -0.2) is 0 Å². The van der Waals surface area contributed by atoms with Crippen LogP contribution in [-0.4, -0.2) is 113 Å². The zero-order chi connectivity index (χ0) is 33.0. The molecule has 2 unspecified atom stereocenters. The van der Waals surface area contributed by atoms with E-state index >= 15 is 0 Å². The third-order valence-corrected chi connectivity index (χ3v) is 9.38. The summed E-state index contributed by atoms with van der Waals surface area (Å²) in [6.07, 6.45) is 5.68. The van der Waals surface area contributed by atoms with Gasteiger partial charge >= 0.3 is 0 Å². The maximum Gasteiger partial charge on any atom is 0.183 e. The third kappa shape index (κ3) is 8.70. The predicted molar refractivity (Wildman–Crippen MR) is 186 cm³/mol. The number of hydrogen-bond donors (Lipinski definition) is 0. The molecule has 2 fully saturated rings. The summed E-state index contributed by atoms with van der Waals surface area (Å²) in [5.41, 5.74) is 2.75. The average Bonchev–Trinajstić information content (AvgIpc) is 3.07. The van der Waals surface area contributed by atoms with Crippen LogP contribution in [0.15, 0.2) is 73.8 Å². The Kier molecular flexibility index (Phi) is 13.5. The molecule has 8 nitrogen and oxygen atoms in total. The van der Waals surface area contributed by atoms with Crippen molar-refractivity contribution in [3.8, 4) is 0 Å². The summed E-state index contributed by atoms with van der Waals surface area (Å²) in [5.74, 6) is 0.296. The first-order valence-corrected chi connectivity index (χ1v) is 16.1. The molecule has 0 radical (unpaired) electrons. The fourth-order valence-electron chi connectivity index (χ4n) is 5.97. The summed E-state index contributed by atoms with van der Waals surface area (Å²) in [6, 6.07) is 15.9. The number of nitrogens with zero attached hydrogens (tertiary/aromatic N) is 4. The number of benzene rings is 2. The first-order valence-electron chi connectivity index (χ1n) is 16.1. The smallest absolute Gasteiger partial charge is 0.183 e. The number of morpholine rings is 2. The first-order chi connectivity index (χ1) is 21.5. The van der Waals surface area contributed by atoms with Crippen molar-refractivity contribution in [2.24, 2.45) is 0 Å². The molecule has 0 aliphatic carbocycles. The molecule has 246 valence electrons. The van der Waals surface area contributed by atoms with Gasteiger partial charge in [-0.15, -0.1) is 13.2 Å². The topological polar surface area (TPSA) is 65.6 Å². The van der Waals surface area contributed by atoms with Crippen LogP contribution in [0.2, 0.25) is 0 Å². The predicted octanol–water partition coefficient (Wildman–Crippen LogP) is 5.59. The Hall–Kier alpha value is -3.30. The van der Waals surface area contributed by atoms with Gasteiger partial charge in [-0.3, -0.25) is 19.4 Å². The number of ether oxygens (including phenoxy) is 2. The van der Waals surface area contributed by atoms with Crippen molar-refractivity contribution in [1.82, 2.24) is 9.80 Å².